The molecule has 1 aliphatic heterocycles. The molecule has 1 atom stereocenters. The first kappa shape index (κ1) is 14.2. The van der Waals surface area contributed by atoms with Gasteiger partial charge in [-0.3, -0.25) is 10.1 Å². The third kappa shape index (κ3) is 2.41. The second kappa shape index (κ2) is 5.04. The molecule has 20 heavy (non-hydrogen) atoms. The maximum atomic E-state index is 12.3. The first-order chi connectivity index (χ1) is 9.34. The number of aromatic nitrogens is 1. The van der Waals surface area contributed by atoms with E-state index in [9.17, 15) is 23.3 Å². The van der Waals surface area contributed by atoms with Gasteiger partial charge in [0.15, 0.2) is 0 Å². The minimum absolute atomic E-state index is 0.0832. The molecule has 0 unspecified atom stereocenters. The van der Waals surface area contributed by atoms with Crippen LogP contribution in [0.5, 0.6) is 0 Å². The number of nitro groups is 1. The van der Waals surface area contributed by atoms with Gasteiger partial charge in [-0.25, -0.2) is 18.2 Å². The summed E-state index contributed by atoms with van der Waals surface area (Å²) in [5.41, 5.74) is -0.596. The second-order valence-corrected chi connectivity index (χ2v) is 6.41. The zero-order valence-electron chi connectivity index (χ0n) is 10.2. The van der Waals surface area contributed by atoms with Crippen molar-refractivity contribution in [1.29, 1.82) is 0 Å². The molecule has 2 rings (SSSR count). The molecule has 2 heterocycles. The highest BCUT2D eigenvalue weighted by Gasteiger charge is 2.40. The summed E-state index contributed by atoms with van der Waals surface area (Å²) >= 11 is 0. The predicted octanol–water partition coefficient (Wildman–Crippen LogP) is 0.516. The lowest BCUT2D eigenvalue weighted by Crippen LogP contribution is -2.31. The summed E-state index contributed by atoms with van der Waals surface area (Å²) in [4.78, 5) is 25.4. The topological polar surface area (TPSA) is 131 Å². The Morgan fingerprint density at radius 1 is 1.55 bits per heavy atom. The third-order valence-electron chi connectivity index (χ3n) is 3.07. The molecule has 1 amide bonds. The van der Waals surface area contributed by atoms with E-state index >= 15 is 0 Å². The quantitative estimate of drug-likeness (QED) is 0.635. The van der Waals surface area contributed by atoms with E-state index in [1.165, 1.54) is 6.07 Å². The molecular weight excluding hydrogens is 290 g/mol. The van der Waals surface area contributed by atoms with Crippen molar-refractivity contribution < 1.29 is 23.2 Å². The normalized spacial score (nSPS) is 19.0. The van der Waals surface area contributed by atoms with Crippen molar-refractivity contribution in [3.8, 4) is 0 Å². The van der Waals surface area contributed by atoms with E-state index in [4.69, 9.17) is 5.11 Å². The molecule has 1 fully saturated rings. The Hall–Kier alpha value is -2.23. The highest BCUT2D eigenvalue weighted by molar-refractivity contribution is 7.92. The number of carbonyl (C=O) groups is 1. The van der Waals surface area contributed by atoms with Crippen LogP contribution in [0.2, 0.25) is 0 Å². The molecule has 9 nitrogen and oxygen atoms in total. The summed E-state index contributed by atoms with van der Waals surface area (Å²) in [5.74, 6) is 0. The molecule has 108 valence electrons. The summed E-state index contributed by atoms with van der Waals surface area (Å²) in [5, 5.41) is 18.1. The van der Waals surface area contributed by atoms with E-state index in [0.717, 1.165) is 17.2 Å². The van der Waals surface area contributed by atoms with Crippen LogP contribution in [-0.2, 0) is 9.84 Å². The lowest BCUT2D eigenvalue weighted by molar-refractivity contribution is -0.388. The molecule has 1 aromatic rings. The van der Waals surface area contributed by atoms with Crippen LogP contribution in [0.4, 0.5) is 10.5 Å². The molecule has 0 radical (unpaired) electrons. The lowest BCUT2D eigenvalue weighted by Gasteiger charge is -2.12. The fourth-order valence-electron chi connectivity index (χ4n) is 2.05. The smallest absolute Gasteiger partial charge is 0.407 e. The van der Waals surface area contributed by atoms with Crippen molar-refractivity contribution in [3.63, 3.8) is 0 Å². The molecule has 1 aromatic heterocycles. The van der Waals surface area contributed by atoms with Crippen LogP contribution < -0.4 is 0 Å². The zero-order chi connectivity index (χ0) is 14.9. The van der Waals surface area contributed by atoms with E-state index < -0.39 is 36.8 Å². The number of nitrogens with zero attached hydrogens (tertiary/aromatic N) is 3. The minimum Gasteiger partial charge on any atom is -0.465 e. The van der Waals surface area contributed by atoms with Gasteiger partial charge in [0.25, 0.3) is 0 Å². The van der Waals surface area contributed by atoms with Crippen molar-refractivity contribution in [2.45, 2.75) is 16.7 Å². The maximum absolute atomic E-state index is 12.3. The van der Waals surface area contributed by atoms with E-state index in [1.54, 1.807) is 0 Å². The van der Waals surface area contributed by atoms with Crippen molar-refractivity contribution >= 4 is 21.6 Å². The van der Waals surface area contributed by atoms with Gasteiger partial charge in [0, 0.05) is 25.4 Å². The Balaban J connectivity index is 2.37. The first-order valence-electron chi connectivity index (χ1n) is 5.65. The van der Waals surface area contributed by atoms with Crippen LogP contribution in [0.1, 0.15) is 6.42 Å². The molecular formula is C10H11N3O6S. The molecule has 0 bridgehead atoms. The number of rotatable bonds is 3. The van der Waals surface area contributed by atoms with Gasteiger partial charge in [-0.2, -0.15) is 0 Å². The standard InChI is InChI=1S/C10H11N3O6S/c14-10(15)12-5-3-7(6-12)20(18,19)9-8(13(16)17)2-1-4-11-9/h1-2,4,7H,3,5-6H2,(H,14,15)/t7-/m1/s1. The maximum Gasteiger partial charge on any atom is 0.407 e. The van der Waals surface area contributed by atoms with Crippen molar-refractivity contribution in [2.24, 2.45) is 0 Å². The fourth-order valence-corrected chi connectivity index (χ4v) is 3.80. The Bertz CT molecular complexity index is 659. The van der Waals surface area contributed by atoms with E-state index in [2.05, 4.69) is 4.98 Å². The van der Waals surface area contributed by atoms with E-state index in [1.807, 2.05) is 0 Å². The predicted molar refractivity (Wildman–Crippen MR) is 66.1 cm³/mol. The molecule has 10 heteroatoms. The van der Waals surface area contributed by atoms with Gasteiger partial charge in [-0.05, 0) is 12.5 Å². The van der Waals surface area contributed by atoms with Crippen molar-refractivity contribution in [1.82, 2.24) is 9.88 Å². The van der Waals surface area contributed by atoms with Crippen LogP contribution in [0.15, 0.2) is 23.4 Å². The van der Waals surface area contributed by atoms with Gasteiger partial charge in [-0.15, -0.1) is 0 Å². The summed E-state index contributed by atoms with van der Waals surface area (Å²) in [6.07, 6.45) is 0.0461. The van der Waals surface area contributed by atoms with Crippen LogP contribution in [-0.4, -0.2) is 52.8 Å². The fraction of sp³-hybridized carbons (Fsp3) is 0.400. The lowest BCUT2D eigenvalue weighted by atomic mass is 10.4. The van der Waals surface area contributed by atoms with Crippen LogP contribution in [0, 0.1) is 10.1 Å². The largest absolute Gasteiger partial charge is 0.465 e. The van der Waals surface area contributed by atoms with Crippen LogP contribution in [0.25, 0.3) is 0 Å². The average molecular weight is 301 g/mol. The number of amides is 1. The number of hydrogen-bond acceptors (Lipinski definition) is 6. The molecule has 0 aliphatic carbocycles. The molecule has 1 N–H and O–H groups in total. The highest BCUT2D eigenvalue weighted by atomic mass is 32.2. The minimum atomic E-state index is -4.04. The molecule has 1 saturated heterocycles. The Morgan fingerprint density at radius 3 is 2.80 bits per heavy atom. The van der Waals surface area contributed by atoms with Crippen LogP contribution in [0.3, 0.4) is 0 Å². The SMILES string of the molecule is O=C(O)N1CC[C@@H](S(=O)(=O)c2ncccc2[N+](=O)[O-])C1. The Kier molecular flexibility index (Phi) is 3.57. The van der Waals surface area contributed by atoms with Crippen LogP contribution >= 0.6 is 0 Å². The first-order valence-corrected chi connectivity index (χ1v) is 7.20. The van der Waals surface area contributed by atoms with Gasteiger partial charge >= 0.3 is 11.8 Å². The summed E-state index contributed by atoms with van der Waals surface area (Å²) in [6, 6.07) is 2.33. The number of sulfone groups is 1. The summed E-state index contributed by atoms with van der Waals surface area (Å²) in [7, 11) is -4.04. The highest BCUT2D eigenvalue weighted by Crippen LogP contribution is 2.28. The summed E-state index contributed by atoms with van der Waals surface area (Å²) < 4.78 is 24.7. The van der Waals surface area contributed by atoms with Gasteiger partial charge in [0.05, 0.1) is 10.2 Å². The molecule has 0 aromatic carbocycles. The second-order valence-electron chi connectivity index (χ2n) is 4.27. The number of carboxylic acid groups (broad SMARTS) is 1. The Morgan fingerprint density at radius 2 is 2.25 bits per heavy atom. The van der Waals surface area contributed by atoms with Gasteiger partial charge in [0.1, 0.15) is 0 Å². The van der Waals surface area contributed by atoms with E-state index in [-0.39, 0.29) is 19.5 Å². The van der Waals surface area contributed by atoms with Gasteiger partial charge < -0.3 is 10.0 Å². The van der Waals surface area contributed by atoms with Gasteiger partial charge in [0.2, 0.25) is 14.9 Å². The zero-order valence-corrected chi connectivity index (χ0v) is 11.0. The monoisotopic (exact) mass is 301 g/mol. The number of pyridine rings is 1. The average Bonchev–Trinajstić information content (AvgIpc) is 2.89. The summed E-state index contributed by atoms with van der Waals surface area (Å²) in [6.45, 7) is -0.120. The van der Waals surface area contributed by atoms with E-state index in [0.29, 0.717) is 0 Å². The van der Waals surface area contributed by atoms with Gasteiger partial charge in [-0.1, -0.05) is 0 Å². The molecule has 0 spiro atoms. The molecule has 1 aliphatic rings. The molecule has 0 saturated carbocycles. The van der Waals surface area contributed by atoms with Crippen molar-refractivity contribution in [2.75, 3.05) is 13.1 Å². The third-order valence-corrected chi connectivity index (χ3v) is 5.19. The number of likely N-dealkylation sites (tertiary alicyclic amines) is 1. The Labute approximate surface area is 113 Å². The van der Waals surface area contributed by atoms with Crippen molar-refractivity contribution in [3.05, 3.63) is 28.4 Å². The number of hydrogen-bond donors (Lipinski definition) is 1.